The summed E-state index contributed by atoms with van der Waals surface area (Å²) >= 11 is 0. The van der Waals surface area contributed by atoms with Gasteiger partial charge in [-0.1, -0.05) is 27.7 Å². The van der Waals surface area contributed by atoms with Crippen LogP contribution >= 0.6 is 0 Å². The van der Waals surface area contributed by atoms with Gasteiger partial charge in [-0.25, -0.2) is 0 Å². The van der Waals surface area contributed by atoms with Crippen LogP contribution in [0.4, 0.5) is 5.69 Å². The highest BCUT2D eigenvalue weighted by Crippen LogP contribution is 2.36. The number of hydrogen-bond donors (Lipinski definition) is 1. The first-order chi connectivity index (χ1) is 8.50. The number of anilines is 1. The fraction of sp³-hybridized carbons (Fsp3) is 0.625. The Morgan fingerprint density at radius 3 is 2.78 bits per heavy atom. The monoisotopic (exact) mass is 247 g/mol. The normalized spacial score (nSPS) is 19.0. The molecule has 1 aliphatic heterocycles. The van der Waals surface area contributed by atoms with Crippen LogP contribution in [0.3, 0.4) is 0 Å². The van der Waals surface area contributed by atoms with Crippen LogP contribution in [0.2, 0.25) is 0 Å². The van der Waals surface area contributed by atoms with Gasteiger partial charge in [-0.3, -0.25) is 0 Å². The average Bonchev–Trinajstić information content (AvgIpc) is 2.34. The van der Waals surface area contributed by atoms with Gasteiger partial charge < -0.3 is 10.1 Å². The van der Waals surface area contributed by atoms with Crippen molar-refractivity contribution in [3.63, 3.8) is 0 Å². The zero-order valence-electron chi connectivity index (χ0n) is 12.0. The predicted molar refractivity (Wildman–Crippen MR) is 77.4 cm³/mol. The first-order valence-electron chi connectivity index (χ1n) is 7.00. The molecule has 1 aromatic carbocycles. The van der Waals surface area contributed by atoms with Crippen molar-refractivity contribution in [1.29, 1.82) is 0 Å². The minimum atomic E-state index is 0.352. The summed E-state index contributed by atoms with van der Waals surface area (Å²) in [7, 11) is 0. The first-order valence-corrected chi connectivity index (χ1v) is 7.00. The molecule has 0 aromatic heterocycles. The van der Waals surface area contributed by atoms with Crippen molar-refractivity contribution in [2.75, 3.05) is 18.5 Å². The van der Waals surface area contributed by atoms with Crippen molar-refractivity contribution < 1.29 is 4.74 Å². The van der Waals surface area contributed by atoms with E-state index in [1.54, 1.807) is 0 Å². The lowest BCUT2D eigenvalue weighted by molar-refractivity contribution is 0.246. The molecule has 2 nitrogen and oxygen atoms in total. The smallest absolute Gasteiger partial charge is 0.119 e. The molecule has 100 valence electrons. The maximum Gasteiger partial charge on any atom is 0.119 e. The molecule has 1 aliphatic rings. The number of rotatable bonds is 3. The number of hydrogen-bond acceptors (Lipinski definition) is 2. The van der Waals surface area contributed by atoms with Gasteiger partial charge in [0.1, 0.15) is 5.75 Å². The van der Waals surface area contributed by atoms with E-state index in [-0.39, 0.29) is 0 Å². The second-order valence-corrected chi connectivity index (χ2v) is 6.32. The van der Waals surface area contributed by atoms with Crippen LogP contribution in [-0.2, 0) is 6.42 Å². The zero-order chi connectivity index (χ0) is 13.2. The standard InChI is InChI=1S/C16H25NO/c1-5-8-18-14-6-7-15-12(10-14)9-13(11-17-15)16(2,3)4/h6-7,10,13,17H,5,8-9,11H2,1-4H3. The van der Waals surface area contributed by atoms with E-state index < -0.39 is 0 Å². The molecule has 0 radical (unpaired) electrons. The highest BCUT2D eigenvalue weighted by molar-refractivity contribution is 5.56. The lowest BCUT2D eigenvalue weighted by atomic mass is 9.75. The predicted octanol–water partition coefficient (Wildman–Crippen LogP) is 4.11. The van der Waals surface area contributed by atoms with Crippen molar-refractivity contribution in [2.45, 2.75) is 40.5 Å². The Kier molecular flexibility index (Phi) is 3.84. The molecular weight excluding hydrogens is 222 g/mol. The fourth-order valence-electron chi connectivity index (χ4n) is 2.40. The van der Waals surface area contributed by atoms with Gasteiger partial charge >= 0.3 is 0 Å². The lowest BCUT2D eigenvalue weighted by Crippen LogP contribution is -2.33. The molecule has 1 atom stereocenters. The second kappa shape index (κ2) is 5.21. The zero-order valence-corrected chi connectivity index (χ0v) is 12.0. The summed E-state index contributed by atoms with van der Waals surface area (Å²) in [5.41, 5.74) is 3.03. The van der Waals surface area contributed by atoms with Crippen LogP contribution in [0, 0.1) is 11.3 Å². The number of benzene rings is 1. The van der Waals surface area contributed by atoms with Crippen molar-refractivity contribution in [2.24, 2.45) is 11.3 Å². The Labute approximate surface area is 111 Å². The Bertz CT molecular complexity index is 406. The van der Waals surface area contributed by atoms with E-state index in [9.17, 15) is 0 Å². The van der Waals surface area contributed by atoms with Gasteiger partial charge in [-0.05, 0) is 47.9 Å². The number of fused-ring (bicyclic) bond motifs is 1. The SMILES string of the molecule is CCCOc1ccc2c(c1)CC(C(C)(C)C)CN2. The molecule has 1 unspecified atom stereocenters. The molecule has 1 N–H and O–H groups in total. The summed E-state index contributed by atoms with van der Waals surface area (Å²) in [6, 6.07) is 6.42. The highest BCUT2D eigenvalue weighted by Gasteiger charge is 2.28. The van der Waals surface area contributed by atoms with Gasteiger partial charge in [0.05, 0.1) is 6.61 Å². The van der Waals surface area contributed by atoms with Gasteiger partial charge in [0.2, 0.25) is 0 Å². The molecule has 1 aromatic rings. The lowest BCUT2D eigenvalue weighted by Gasteiger charge is -2.35. The van der Waals surface area contributed by atoms with E-state index in [0.29, 0.717) is 11.3 Å². The summed E-state index contributed by atoms with van der Waals surface area (Å²) in [6.45, 7) is 11.0. The van der Waals surface area contributed by atoms with Crippen LogP contribution in [0.15, 0.2) is 18.2 Å². The topological polar surface area (TPSA) is 21.3 Å². The maximum absolute atomic E-state index is 5.71. The molecule has 0 aliphatic carbocycles. The van der Waals surface area contributed by atoms with Crippen molar-refractivity contribution in [1.82, 2.24) is 0 Å². The Morgan fingerprint density at radius 1 is 1.33 bits per heavy atom. The van der Waals surface area contributed by atoms with Crippen LogP contribution in [0.5, 0.6) is 5.75 Å². The summed E-state index contributed by atoms with van der Waals surface area (Å²) < 4.78 is 5.71. The molecule has 2 rings (SSSR count). The fourth-order valence-corrected chi connectivity index (χ4v) is 2.40. The van der Waals surface area contributed by atoms with Crippen molar-refractivity contribution in [3.8, 4) is 5.75 Å². The van der Waals surface area contributed by atoms with E-state index >= 15 is 0 Å². The number of nitrogens with one attached hydrogen (secondary N) is 1. The highest BCUT2D eigenvalue weighted by atomic mass is 16.5. The van der Waals surface area contributed by atoms with E-state index in [4.69, 9.17) is 4.74 Å². The van der Waals surface area contributed by atoms with Crippen LogP contribution < -0.4 is 10.1 Å². The van der Waals surface area contributed by atoms with Crippen molar-refractivity contribution in [3.05, 3.63) is 23.8 Å². The molecule has 0 amide bonds. The summed E-state index contributed by atoms with van der Waals surface area (Å²) in [6.07, 6.45) is 2.20. The van der Waals surface area contributed by atoms with Gasteiger partial charge in [-0.15, -0.1) is 0 Å². The summed E-state index contributed by atoms with van der Waals surface area (Å²) in [4.78, 5) is 0. The molecule has 0 fully saturated rings. The summed E-state index contributed by atoms with van der Waals surface area (Å²) in [5.74, 6) is 1.69. The van der Waals surface area contributed by atoms with E-state index in [1.807, 2.05) is 0 Å². The molecule has 0 saturated heterocycles. The third-order valence-electron chi connectivity index (χ3n) is 3.78. The van der Waals surface area contributed by atoms with Gasteiger partial charge in [0.25, 0.3) is 0 Å². The third-order valence-corrected chi connectivity index (χ3v) is 3.78. The quantitative estimate of drug-likeness (QED) is 0.868. The van der Waals surface area contributed by atoms with Crippen molar-refractivity contribution >= 4 is 5.69 Å². The average molecular weight is 247 g/mol. The van der Waals surface area contributed by atoms with Crippen LogP contribution in [0.1, 0.15) is 39.7 Å². The summed E-state index contributed by atoms with van der Waals surface area (Å²) in [5, 5.41) is 3.55. The largest absolute Gasteiger partial charge is 0.494 e. The minimum absolute atomic E-state index is 0.352. The first kappa shape index (κ1) is 13.3. The Morgan fingerprint density at radius 2 is 2.11 bits per heavy atom. The Hall–Kier alpha value is -1.18. The molecule has 18 heavy (non-hydrogen) atoms. The van der Waals surface area contributed by atoms with E-state index in [0.717, 1.165) is 31.7 Å². The number of ether oxygens (including phenoxy) is 1. The van der Waals surface area contributed by atoms with Gasteiger partial charge in [-0.2, -0.15) is 0 Å². The van der Waals surface area contributed by atoms with Crippen LogP contribution in [0.25, 0.3) is 0 Å². The molecule has 1 heterocycles. The molecular formula is C16H25NO. The van der Waals surface area contributed by atoms with E-state index in [2.05, 4.69) is 51.2 Å². The van der Waals surface area contributed by atoms with Gasteiger partial charge in [0, 0.05) is 12.2 Å². The Balaban J connectivity index is 2.14. The molecule has 0 bridgehead atoms. The molecule has 0 spiro atoms. The minimum Gasteiger partial charge on any atom is -0.494 e. The second-order valence-electron chi connectivity index (χ2n) is 6.32. The third kappa shape index (κ3) is 2.98. The molecule has 0 saturated carbocycles. The van der Waals surface area contributed by atoms with Gasteiger partial charge in [0.15, 0.2) is 0 Å². The molecule has 2 heteroatoms. The van der Waals surface area contributed by atoms with Crippen LogP contribution in [-0.4, -0.2) is 13.2 Å². The maximum atomic E-state index is 5.71. The van der Waals surface area contributed by atoms with E-state index in [1.165, 1.54) is 11.3 Å².